The number of anilines is 1. The zero-order valence-corrected chi connectivity index (χ0v) is 20.8. The first kappa shape index (κ1) is 23.6. The molecule has 4 nitrogen and oxygen atoms in total. The van der Waals surface area contributed by atoms with Crippen molar-refractivity contribution in [1.29, 1.82) is 0 Å². The summed E-state index contributed by atoms with van der Waals surface area (Å²) in [5.41, 5.74) is 6.85. The molecular weight excluding hydrogens is 418 g/mol. The van der Waals surface area contributed by atoms with Crippen molar-refractivity contribution < 1.29 is 4.79 Å². The lowest BCUT2D eigenvalue weighted by Gasteiger charge is -2.22. The predicted octanol–water partition coefficient (Wildman–Crippen LogP) is 7.38. The van der Waals surface area contributed by atoms with E-state index in [1.807, 2.05) is 6.07 Å². The van der Waals surface area contributed by atoms with Gasteiger partial charge in [0.2, 0.25) is 0 Å². The van der Waals surface area contributed by atoms with E-state index in [4.69, 9.17) is 0 Å². The summed E-state index contributed by atoms with van der Waals surface area (Å²) in [4.78, 5) is 13.2. The van der Waals surface area contributed by atoms with E-state index < -0.39 is 0 Å². The highest BCUT2D eigenvalue weighted by Gasteiger charge is 2.21. The lowest BCUT2D eigenvalue weighted by Crippen LogP contribution is -2.33. The third kappa shape index (κ3) is 4.86. The molecule has 4 aromatic rings. The SMILES string of the molecule is CC(C)c1cccc(C(C)C)c1NC(=O)NCC(c1ccccc1)c1cn(C)c2ccccc12. The molecule has 34 heavy (non-hydrogen) atoms. The van der Waals surface area contributed by atoms with Crippen LogP contribution in [0.1, 0.15) is 67.7 Å². The summed E-state index contributed by atoms with van der Waals surface area (Å²) < 4.78 is 2.16. The minimum Gasteiger partial charge on any atom is -0.350 e. The minimum atomic E-state index is -0.170. The normalized spacial score (nSPS) is 12.3. The van der Waals surface area contributed by atoms with E-state index in [-0.39, 0.29) is 11.9 Å². The molecule has 0 spiro atoms. The molecule has 1 aromatic heterocycles. The van der Waals surface area contributed by atoms with Crippen LogP contribution >= 0.6 is 0 Å². The maximum Gasteiger partial charge on any atom is 0.319 e. The summed E-state index contributed by atoms with van der Waals surface area (Å²) in [6.07, 6.45) is 2.19. The highest BCUT2D eigenvalue weighted by molar-refractivity contribution is 5.91. The monoisotopic (exact) mass is 453 g/mol. The molecular formula is C30H35N3O. The number of para-hydroxylation sites is 2. The summed E-state index contributed by atoms with van der Waals surface area (Å²) in [5.74, 6) is 0.687. The minimum absolute atomic E-state index is 0.0444. The van der Waals surface area contributed by atoms with Crippen LogP contribution in [-0.4, -0.2) is 17.1 Å². The largest absolute Gasteiger partial charge is 0.350 e. The van der Waals surface area contributed by atoms with Crippen LogP contribution in [0.5, 0.6) is 0 Å². The molecule has 0 aliphatic carbocycles. The molecule has 1 atom stereocenters. The molecule has 0 saturated carbocycles. The number of hydrogen-bond acceptors (Lipinski definition) is 1. The summed E-state index contributed by atoms with van der Waals surface area (Å²) in [6.45, 7) is 9.15. The quantitative estimate of drug-likeness (QED) is 0.301. The maximum absolute atomic E-state index is 13.2. The molecule has 176 valence electrons. The molecule has 0 aliphatic heterocycles. The van der Waals surface area contributed by atoms with Crippen LogP contribution in [0.4, 0.5) is 10.5 Å². The Kier molecular flexibility index (Phi) is 7.06. The van der Waals surface area contributed by atoms with Crippen molar-refractivity contribution in [2.24, 2.45) is 7.05 Å². The van der Waals surface area contributed by atoms with Gasteiger partial charge in [0, 0.05) is 42.3 Å². The Labute approximate surface area is 203 Å². The number of fused-ring (bicyclic) bond motifs is 1. The van der Waals surface area contributed by atoms with Crippen molar-refractivity contribution in [2.45, 2.75) is 45.4 Å². The van der Waals surface area contributed by atoms with Gasteiger partial charge in [-0.15, -0.1) is 0 Å². The topological polar surface area (TPSA) is 46.1 Å². The first-order valence-electron chi connectivity index (χ1n) is 12.1. The van der Waals surface area contributed by atoms with Crippen molar-refractivity contribution in [3.05, 3.63) is 101 Å². The van der Waals surface area contributed by atoms with Gasteiger partial charge in [-0.1, -0.05) is 94.4 Å². The van der Waals surface area contributed by atoms with Crippen molar-refractivity contribution >= 4 is 22.6 Å². The lowest BCUT2D eigenvalue weighted by atomic mass is 9.91. The molecule has 3 aromatic carbocycles. The molecule has 1 heterocycles. The Balaban J connectivity index is 1.62. The molecule has 0 bridgehead atoms. The number of hydrogen-bond donors (Lipinski definition) is 2. The second-order valence-corrected chi connectivity index (χ2v) is 9.63. The van der Waals surface area contributed by atoms with Gasteiger partial charge in [-0.3, -0.25) is 0 Å². The van der Waals surface area contributed by atoms with E-state index in [1.165, 1.54) is 22.0 Å². The number of nitrogens with one attached hydrogen (secondary N) is 2. The van der Waals surface area contributed by atoms with Gasteiger partial charge in [0.05, 0.1) is 0 Å². The molecule has 2 N–H and O–H groups in total. The number of benzene rings is 3. The fourth-order valence-corrected chi connectivity index (χ4v) is 4.79. The third-order valence-electron chi connectivity index (χ3n) is 6.58. The number of rotatable bonds is 7. The van der Waals surface area contributed by atoms with E-state index in [2.05, 4.69) is 123 Å². The van der Waals surface area contributed by atoms with Crippen LogP contribution in [0.15, 0.2) is 79.0 Å². The fourth-order valence-electron chi connectivity index (χ4n) is 4.79. The van der Waals surface area contributed by atoms with Crippen LogP contribution < -0.4 is 10.6 Å². The van der Waals surface area contributed by atoms with E-state index >= 15 is 0 Å². The number of carbonyl (C=O) groups is 1. The van der Waals surface area contributed by atoms with Crippen molar-refractivity contribution in [2.75, 3.05) is 11.9 Å². The Hall–Kier alpha value is -3.53. The van der Waals surface area contributed by atoms with E-state index in [0.29, 0.717) is 18.4 Å². The molecule has 4 rings (SSSR count). The standard InChI is InChI=1S/C30H35N3O/c1-20(2)23-15-11-16-24(21(3)4)29(23)32-30(34)31-18-26(22-12-7-6-8-13-22)27-19-33(5)28-17-10-9-14-25(27)28/h6-17,19-21,26H,18H2,1-5H3,(H2,31,32,34). The number of nitrogens with zero attached hydrogens (tertiary/aromatic N) is 1. The first-order chi connectivity index (χ1) is 16.4. The van der Waals surface area contributed by atoms with Crippen molar-refractivity contribution in [3.8, 4) is 0 Å². The first-order valence-corrected chi connectivity index (χ1v) is 12.1. The van der Waals surface area contributed by atoms with E-state index in [9.17, 15) is 4.79 Å². The van der Waals surface area contributed by atoms with Gasteiger partial charge >= 0.3 is 6.03 Å². The molecule has 2 amide bonds. The third-order valence-corrected chi connectivity index (χ3v) is 6.58. The van der Waals surface area contributed by atoms with Crippen LogP contribution in [0, 0.1) is 0 Å². The predicted molar refractivity (Wildman–Crippen MR) is 143 cm³/mol. The molecule has 1 unspecified atom stereocenters. The van der Waals surface area contributed by atoms with Crippen LogP contribution in [0.2, 0.25) is 0 Å². The molecule has 0 aliphatic rings. The zero-order valence-electron chi connectivity index (χ0n) is 20.8. The van der Waals surface area contributed by atoms with Crippen molar-refractivity contribution in [1.82, 2.24) is 9.88 Å². The van der Waals surface area contributed by atoms with Gasteiger partial charge in [0.25, 0.3) is 0 Å². The lowest BCUT2D eigenvalue weighted by molar-refractivity contribution is 0.251. The van der Waals surface area contributed by atoms with Crippen LogP contribution in [-0.2, 0) is 7.05 Å². The summed E-state index contributed by atoms with van der Waals surface area (Å²) in [5, 5.41) is 7.58. The Morgan fingerprint density at radius 2 is 1.41 bits per heavy atom. The van der Waals surface area contributed by atoms with Gasteiger partial charge in [-0.05, 0) is 40.2 Å². The second-order valence-electron chi connectivity index (χ2n) is 9.63. The average Bonchev–Trinajstić information content (AvgIpc) is 3.16. The van der Waals surface area contributed by atoms with Gasteiger partial charge in [0.15, 0.2) is 0 Å². The van der Waals surface area contributed by atoms with Crippen LogP contribution in [0.3, 0.4) is 0 Å². The van der Waals surface area contributed by atoms with Crippen LogP contribution in [0.25, 0.3) is 10.9 Å². The van der Waals surface area contributed by atoms with Crippen molar-refractivity contribution in [3.63, 3.8) is 0 Å². The number of aromatic nitrogens is 1. The fraction of sp³-hybridized carbons (Fsp3) is 0.300. The Morgan fingerprint density at radius 1 is 0.794 bits per heavy atom. The Bertz CT molecular complexity index is 1240. The Morgan fingerprint density at radius 3 is 2.06 bits per heavy atom. The van der Waals surface area contributed by atoms with Gasteiger partial charge in [-0.25, -0.2) is 4.79 Å². The number of amides is 2. The zero-order chi connectivity index (χ0) is 24.2. The number of urea groups is 1. The molecule has 0 fully saturated rings. The molecule has 4 heteroatoms. The summed E-state index contributed by atoms with van der Waals surface area (Å²) in [7, 11) is 2.07. The summed E-state index contributed by atoms with van der Waals surface area (Å²) in [6, 6.07) is 25.0. The van der Waals surface area contributed by atoms with E-state index in [1.54, 1.807) is 0 Å². The highest BCUT2D eigenvalue weighted by Crippen LogP contribution is 2.33. The highest BCUT2D eigenvalue weighted by atomic mass is 16.2. The molecule has 0 saturated heterocycles. The number of aryl methyl sites for hydroxylation is 1. The van der Waals surface area contributed by atoms with Gasteiger partial charge in [0.1, 0.15) is 0 Å². The number of carbonyl (C=O) groups excluding carboxylic acids is 1. The second kappa shape index (κ2) is 10.2. The summed E-state index contributed by atoms with van der Waals surface area (Å²) >= 11 is 0. The van der Waals surface area contributed by atoms with Gasteiger partial charge in [-0.2, -0.15) is 0 Å². The maximum atomic E-state index is 13.2. The smallest absolute Gasteiger partial charge is 0.319 e. The molecule has 0 radical (unpaired) electrons. The van der Waals surface area contributed by atoms with Gasteiger partial charge < -0.3 is 15.2 Å². The average molecular weight is 454 g/mol. The van der Waals surface area contributed by atoms with E-state index in [0.717, 1.165) is 16.8 Å².